The van der Waals surface area contributed by atoms with E-state index in [1.165, 1.54) is 12.8 Å². The molecule has 35 heavy (non-hydrogen) atoms. The summed E-state index contributed by atoms with van der Waals surface area (Å²) in [4.78, 5) is 19.3. The molecule has 1 fully saturated rings. The zero-order valence-electron chi connectivity index (χ0n) is 20.4. The molecule has 0 spiro atoms. The van der Waals surface area contributed by atoms with Crippen LogP contribution in [0.25, 0.3) is 22.1 Å². The molecule has 3 atom stereocenters. The third kappa shape index (κ3) is 3.86. The van der Waals surface area contributed by atoms with Gasteiger partial charge in [-0.3, -0.25) is 15.0 Å². The van der Waals surface area contributed by atoms with Crippen molar-refractivity contribution in [3.05, 3.63) is 24.0 Å². The van der Waals surface area contributed by atoms with E-state index in [4.69, 9.17) is 14.7 Å². The summed E-state index contributed by atoms with van der Waals surface area (Å²) < 4.78 is 7.91. The lowest BCUT2D eigenvalue weighted by atomic mass is 9.98. The summed E-state index contributed by atoms with van der Waals surface area (Å²) in [5.74, 6) is 2.54. The normalized spacial score (nSPS) is 24.3. The van der Waals surface area contributed by atoms with Crippen LogP contribution in [0, 0.1) is 0 Å². The number of hydrogen-bond donors (Lipinski definition) is 1. The molecule has 184 valence electrons. The maximum atomic E-state index is 6.10. The molecule has 3 aliphatic rings. The Hall–Kier alpha value is -3.05. The summed E-state index contributed by atoms with van der Waals surface area (Å²) in [5, 5.41) is 12.1. The van der Waals surface area contributed by atoms with Gasteiger partial charge in [0.05, 0.1) is 30.5 Å². The SMILES string of the molecule is CC[C@@H]1C2NN=C(C)N2c2cnc(-c3cn(C)nc3-c3nccs3)nc2N1C1CCCCCOC1. The van der Waals surface area contributed by atoms with E-state index in [1.54, 1.807) is 22.2 Å². The summed E-state index contributed by atoms with van der Waals surface area (Å²) >= 11 is 1.57. The van der Waals surface area contributed by atoms with Gasteiger partial charge in [-0.25, -0.2) is 15.0 Å². The second-order valence-electron chi connectivity index (χ2n) is 9.37. The summed E-state index contributed by atoms with van der Waals surface area (Å²) in [6.07, 6.45) is 11.4. The van der Waals surface area contributed by atoms with Crippen LogP contribution in [0.4, 0.5) is 11.5 Å². The summed E-state index contributed by atoms with van der Waals surface area (Å²) in [6, 6.07) is 0.450. The Bertz CT molecular complexity index is 1220. The van der Waals surface area contributed by atoms with Gasteiger partial charge in [-0.1, -0.05) is 19.8 Å². The molecule has 6 rings (SSSR count). The van der Waals surface area contributed by atoms with Gasteiger partial charge in [0.25, 0.3) is 0 Å². The van der Waals surface area contributed by atoms with Gasteiger partial charge in [0.1, 0.15) is 28.4 Å². The smallest absolute Gasteiger partial charge is 0.165 e. The quantitative estimate of drug-likeness (QED) is 0.589. The van der Waals surface area contributed by atoms with E-state index in [9.17, 15) is 0 Å². The average molecular weight is 494 g/mol. The Morgan fingerprint density at radius 2 is 2.14 bits per heavy atom. The van der Waals surface area contributed by atoms with Crippen molar-refractivity contribution in [2.45, 2.75) is 64.2 Å². The molecule has 0 aromatic carbocycles. The number of hydrazone groups is 1. The minimum atomic E-state index is 0.0525. The molecule has 1 saturated heterocycles. The Kier molecular flexibility index (Phi) is 5.89. The summed E-state index contributed by atoms with van der Waals surface area (Å²) in [5.41, 5.74) is 6.06. The van der Waals surface area contributed by atoms with Crippen LogP contribution in [-0.4, -0.2) is 62.0 Å². The van der Waals surface area contributed by atoms with Crippen LogP contribution in [0.3, 0.4) is 0 Å². The van der Waals surface area contributed by atoms with Gasteiger partial charge in [0.15, 0.2) is 11.6 Å². The highest BCUT2D eigenvalue weighted by molar-refractivity contribution is 7.13. The summed E-state index contributed by atoms with van der Waals surface area (Å²) in [7, 11) is 1.92. The van der Waals surface area contributed by atoms with Crippen molar-refractivity contribution in [3.63, 3.8) is 0 Å². The molecule has 3 aliphatic heterocycles. The van der Waals surface area contributed by atoms with E-state index in [-0.39, 0.29) is 18.2 Å². The fourth-order valence-corrected chi connectivity index (χ4v) is 6.15. The Labute approximate surface area is 209 Å². The van der Waals surface area contributed by atoms with Crippen molar-refractivity contribution in [3.8, 4) is 22.1 Å². The first kappa shape index (κ1) is 22.4. The third-order valence-electron chi connectivity index (χ3n) is 7.11. The van der Waals surface area contributed by atoms with Gasteiger partial charge in [-0.2, -0.15) is 10.2 Å². The molecule has 3 aromatic heterocycles. The van der Waals surface area contributed by atoms with Gasteiger partial charge in [0, 0.05) is 31.4 Å². The molecular formula is C24H31N9OS. The van der Waals surface area contributed by atoms with Crippen molar-refractivity contribution in [2.24, 2.45) is 12.1 Å². The number of nitrogens with zero attached hydrogens (tertiary/aromatic N) is 8. The van der Waals surface area contributed by atoms with Crippen LogP contribution in [0.1, 0.15) is 46.0 Å². The number of anilines is 2. The predicted octanol–water partition coefficient (Wildman–Crippen LogP) is 3.63. The van der Waals surface area contributed by atoms with Crippen molar-refractivity contribution in [2.75, 3.05) is 23.0 Å². The van der Waals surface area contributed by atoms with E-state index in [2.05, 4.69) is 37.3 Å². The van der Waals surface area contributed by atoms with Gasteiger partial charge < -0.3 is 9.64 Å². The first-order valence-electron chi connectivity index (χ1n) is 12.4. The van der Waals surface area contributed by atoms with Crippen LogP contribution in [0.15, 0.2) is 29.1 Å². The topological polar surface area (TPSA) is 96.6 Å². The zero-order valence-corrected chi connectivity index (χ0v) is 21.2. The fraction of sp³-hybridized carbons (Fsp3) is 0.542. The van der Waals surface area contributed by atoms with Crippen LogP contribution < -0.4 is 15.2 Å². The number of thiazole rings is 1. The first-order chi connectivity index (χ1) is 17.2. The third-order valence-corrected chi connectivity index (χ3v) is 7.89. The van der Waals surface area contributed by atoms with Crippen molar-refractivity contribution >= 4 is 28.7 Å². The standard InChI is InChI=1S/C24H31N9OS/c1-4-18-23-29-28-15(2)32(23)19-12-26-21(17-13-31(3)30-20(17)24-25-9-11-35-24)27-22(19)33(18)16-8-6-5-7-10-34-14-16/h9,11-13,16,18,23,29H,4-8,10,14H2,1-3H3/t16?,18-,23?/m1/s1. The number of aromatic nitrogens is 5. The number of hydrogen-bond acceptors (Lipinski definition) is 10. The second kappa shape index (κ2) is 9.19. The summed E-state index contributed by atoms with van der Waals surface area (Å²) in [6.45, 7) is 5.81. The highest BCUT2D eigenvalue weighted by Crippen LogP contribution is 2.42. The molecule has 0 radical (unpaired) electrons. The molecule has 0 bridgehead atoms. The lowest BCUT2D eigenvalue weighted by Crippen LogP contribution is -2.62. The largest absolute Gasteiger partial charge is 0.379 e. The molecule has 10 nitrogen and oxygen atoms in total. The molecular weight excluding hydrogens is 462 g/mol. The van der Waals surface area contributed by atoms with E-state index >= 15 is 0 Å². The number of amidine groups is 1. The van der Waals surface area contributed by atoms with Crippen molar-refractivity contribution < 1.29 is 4.74 Å². The number of nitrogens with one attached hydrogen (secondary N) is 1. The molecule has 6 heterocycles. The van der Waals surface area contributed by atoms with Crippen LogP contribution in [0.5, 0.6) is 0 Å². The monoisotopic (exact) mass is 493 g/mol. The fourth-order valence-electron chi connectivity index (χ4n) is 5.52. The minimum absolute atomic E-state index is 0.0525. The van der Waals surface area contributed by atoms with Crippen LogP contribution in [-0.2, 0) is 11.8 Å². The number of ether oxygens (including phenoxy) is 1. The minimum Gasteiger partial charge on any atom is -0.379 e. The van der Waals surface area contributed by atoms with E-state index in [0.717, 1.165) is 59.5 Å². The average Bonchev–Trinajstić information content (AvgIpc) is 3.58. The molecule has 3 aromatic rings. The predicted molar refractivity (Wildman–Crippen MR) is 137 cm³/mol. The van der Waals surface area contributed by atoms with Crippen LogP contribution in [0.2, 0.25) is 0 Å². The van der Waals surface area contributed by atoms with Gasteiger partial charge in [-0.15, -0.1) is 11.3 Å². The van der Waals surface area contributed by atoms with E-state index in [1.807, 2.05) is 31.7 Å². The molecule has 2 unspecified atom stereocenters. The molecule has 0 amide bonds. The van der Waals surface area contributed by atoms with Gasteiger partial charge >= 0.3 is 0 Å². The Balaban J connectivity index is 1.49. The number of aryl methyl sites for hydroxylation is 1. The van der Waals surface area contributed by atoms with Gasteiger partial charge in [-0.05, 0) is 26.2 Å². The lowest BCUT2D eigenvalue weighted by molar-refractivity contribution is 0.0972. The molecule has 0 saturated carbocycles. The highest BCUT2D eigenvalue weighted by Gasteiger charge is 2.45. The first-order valence-corrected chi connectivity index (χ1v) is 13.3. The number of fused-ring (bicyclic) bond motifs is 3. The van der Waals surface area contributed by atoms with E-state index < -0.39 is 0 Å². The highest BCUT2D eigenvalue weighted by atomic mass is 32.1. The maximum absolute atomic E-state index is 6.10. The van der Waals surface area contributed by atoms with Crippen molar-refractivity contribution in [1.82, 2.24) is 30.2 Å². The number of rotatable bonds is 4. The molecule has 0 aliphatic carbocycles. The van der Waals surface area contributed by atoms with E-state index in [0.29, 0.717) is 12.4 Å². The second-order valence-corrected chi connectivity index (χ2v) is 10.3. The Morgan fingerprint density at radius 1 is 1.23 bits per heavy atom. The van der Waals surface area contributed by atoms with Gasteiger partial charge in [0.2, 0.25) is 0 Å². The van der Waals surface area contributed by atoms with Crippen molar-refractivity contribution in [1.29, 1.82) is 0 Å². The molecule has 1 N–H and O–H groups in total. The lowest BCUT2D eigenvalue weighted by Gasteiger charge is -2.49. The van der Waals surface area contributed by atoms with Crippen LogP contribution >= 0.6 is 11.3 Å². The Morgan fingerprint density at radius 3 is 2.97 bits per heavy atom. The maximum Gasteiger partial charge on any atom is 0.165 e. The zero-order chi connectivity index (χ0) is 23.9. The molecule has 11 heteroatoms.